The highest BCUT2D eigenvalue weighted by atomic mass is 19.4. The number of alkyl halides is 3. The first-order chi connectivity index (χ1) is 8.25. The quantitative estimate of drug-likeness (QED) is 0.788. The highest BCUT2D eigenvalue weighted by molar-refractivity contribution is 5.87. The van der Waals surface area contributed by atoms with Crippen LogP contribution in [-0.4, -0.2) is 35.1 Å². The second kappa shape index (κ2) is 4.40. The summed E-state index contributed by atoms with van der Waals surface area (Å²) in [5, 5.41) is 0. The fourth-order valence-corrected chi connectivity index (χ4v) is 3.13. The van der Waals surface area contributed by atoms with Crippen molar-refractivity contribution >= 4 is 5.91 Å². The minimum Gasteiger partial charge on any atom is -0.338 e. The molecule has 18 heavy (non-hydrogen) atoms. The molecule has 2 N–H and O–H groups in total. The summed E-state index contributed by atoms with van der Waals surface area (Å²) >= 11 is 0. The average molecular weight is 264 g/mol. The van der Waals surface area contributed by atoms with E-state index in [-0.39, 0.29) is 6.04 Å². The molecular formula is C12H19F3N2O. The van der Waals surface area contributed by atoms with E-state index >= 15 is 0 Å². The van der Waals surface area contributed by atoms with E-state index in [4.69, 9.17) is 5.73 Å². The van der Waals surface area contributed by atoms with Crippen LogP contribution in [0.15, 0.2) is 0 Å². The third kappa shape index (κ3) is 2.11. The Bertz CT molecular complexity index is 341. The molecule has 1 amide bonds. The van der Waals surface area contributed by atoms with Crippen LogP contribution < -0.4 is 5.73 Å². The molecule has 3 atom stereocenters. The van der Waals surface area contributed by atoms with E-state index in [2.05, 4.69) is 0 Å². The van der Waals surface area contributed by atoms with E-state index in [0.717, 1.165) is 39.0 Å². The molecule has 1 heterocycles. The Balaban J connectivity index is 2.18. The van der Waals surface area contributed by atoms with Gasteiger partial charge >= 0.3 is 6.18 Å². The van der Waals surface area contributed by atoms with E-state index in [1.807, 2.05) is 0 Å². The maximum atomic E-state index is 12.8. The highest BCUT2D eigenvalue weighted by Crippen LogP contribution is 2.39. The monoisotopic (exact) mass is 264 g/mol. The van der Waals surface area contributed by atoms with Gasteiger partial charge in [0.25, 0.3) is 5.91 Å². The van der Waals surface area contributed by atoms with E-state index in [1.165, 1.54) is 4.90 Å². The number of likely N-dealkylation sites (tertiary alicyclic amines) is 1. The second-order valence-corrected chi connectivity index (χ2v) is 5.60. The molecule has 2 fully saturated rings. The number of rotatable bonds is 1. The van der Waals surface area contributed by atoms with Crippen molar-refractivity contribution in [1.29, 1.82) is 0 Å². The first-order valence-electron chi connectivity index (χ1n) is 6.42. The van der Waals surface area contributed by atoms with Crippen molar-refractivity contribution in [1.82, 2.24) is 4.90 Å². The van der Waals surface area contributed by atoms with Gasteiger partial charge in [0.1, 0.15) is 0 Å². The largest absolute Gasteiger partial charge is 0.415 e. The standard InChI is InChI=1S/C12H19F3N2O/c1-11(16,12(13,14)15)10(18)17-7-3-5-8-4-2-6-9(8)17/h8-9H,2-7,16H2,1H3. The maximum absolute atomic E-state index is 12.8. The van der Waals surface area contributed by atoms with Crippen LogP contribution in [-0.2, 0) is 4.79 Å². The summed E-state index contributed by atoms with van der Waals surface area (Å²) in [5.74, 6) is -0.599. The first-order valence-corrected chi connectivity index (χ1v) is 6.42. The molecule has 2 aliphatic rings. The molecule has 0 bridgehead atoms. The van der Waals surface area contributed by atoms with Crippen LogP contribution in [0.5, 0.6) is 0 Å². The van der Waals surface area contributed by atoms with Crippen molar-refractivity contribution < 1.29 is 18.0 Å². The summed E-state index contributed by atoms with van der Waals surface area (Å²) in [6.07, 6.45) is -0.0866. The van der Waals surface area contributed by atoms with Crippen molar-refractivity contribution in [2.24, 2.45) is 11.7 Å². The fraction of sp³-hybridized carbons (Fsp3) is 0.917. The summed E-state index contributed by atoms with van der Waals surface area (Å²) in [5.41, 5.74) is 2.47. The number of piperidine rings is 1. The molecule has 1 saturated carbocycles. The molecule has 1 aliphatic carbocycles. The number of carbonyl (C=O) groups excluding carboxylic acids is 1. The lowest BCUT2D eigenvalue weighted by atomic mass is 9.89. The molecule has 0 spiro atoms. The summed E-state index contributed by atoms with van der Waals surface area (Å²) < 4.78 is 38.4. The van der Waals surface area contributed by atoms with Gasteiger partial charge in [-0.2, -0.15) is 13.2 Å². The molecule has 0 aromatic rings. The number of hydrogen-bond acceptors (Lipinski definition) is 2. The second-order valence-electron chi connectivity index (χ2n) is 5.60. The Hall–Kier alpha value is -0.780. The van der Waals surface area contributed by atoms with E-state index in [0.29, 0.717) is 12.5 Å². The minimum atomic E-state index is -4.70. The lowest BCUT2D eigenvalue weighted by Crippen LogP contribution is -2.64. The predicted octanol–water partition coefficient (Wildman–Crippen LogP) is 2.06. The van der Waals surface area contributed by atoms with Gasteiger partial charge < -0.3 is 10.6 Å². The topological polar surface area (TPSA) is 46.3 Å². The third-order valence-corrected chi connectivity index (χ3v) is 4.29. The molecule has 1 aliphatic heterocycles. The molecule has 1 saturated heterocycles. The smallest absolute Gasteiger partial charge is 0.338 e. The minimum absolute atomic E-state index is 0.0310. The van der Waals surface area contributed by atoms with E-state index < -0.39 is 17.6 Å². The van der Waals surface area contributed by atoms with Gasteiger partial charge in [-0.25, -0.2) is 0 Å². The van der Waals surface area contributed by atoms with Crippen LogP contribution >= 0.6 is 0 Å². The third-order valence-electron chi connectivity index (χ3n) is 4.29. The first kappa shape index (κ1) is 13.6. The van der Waals surface area contributed by atoms with Crippen molar-refractivity contribution in [3.63, 3.8) is 0 Å². The fourth-order valence-electron chi connectivity index (χ4n) is 3.13. The van der Waals surface area contributed by atoms with E-state index in [9.17, 15) is 18.0 Å². The Morgan fingerprint density at radius 3 is 2.44 bits per heavy atom. The van der Waals surface area contributed by atoms with Gasteiger partial charge in [0.2, 0.25) is 0 Å². The molecule has 6 heteroatoms. The zero-order valence-electron chi connectivity index (χ0n) is 10.5. The molecule has 0 radical (unpaired) electrons. The molecule has 2 rings (SSSR count). The lowest BCUT2D eigenvalue weighted by Gasteiger charge is -2.41. The van der Waals surface area contributed by atoms with Gasteiger partial charge in [-0.1, -0.05) is 6.42 Å². The molecule has 3 nitrogen and oxygen atoms in total. The number of halogens is 3. The average Bonchev–Trinajstić information content (AvgIpc) is 2.73. The normalized spacial score (nSPS) is 31.9. The Morgan fingerprint density at radius 2 is 1.83 bits per heavy atom. The molecule has 0 aromatic heterocycles. The predicted molar refractivity (Wildman–Crippen MR) is 60.7 cm³/mol. The Morgan fingerprint density at radius 1 is 1.22 bits per heavy atom. The van der Waals surface area contributed by atoms with Gasteiger partial charge in [0, 0.05) is 12.6 Å². The summed E-state index contributed by atoms with van der Waals surface area (Å²) in [4.78, 5) is 13.5. The van der Waals surface area contributed by atoms with Crippen LogP contribution in [0.4, 0.5) is 13.2 Å². The molecule has 3 unspecified atom stereocenters. The van der Waals surface area contributed by atoms with Crippen LogP contribution in [0.3, 0.4) is 0 Å². The van der Waals surface area contributed by atoms with Crippen LogP contribution in [0.1, 0.15) is 39.0 Å². The number of nitrogens with zero attached hydrogens (tertiary/aromatic N) is 1. The lowest BCUT2D eigenvalue weighted by molar-refractivity contribution is -0.196. The van der Waals surface area contributed by atoms with Gasteiger partial charge in [0.15, 0.2) is 5.54 Å². The van der Waals surface area contributed by atoms with Crippen LogP contribution in [0, 0.1) is 5.92 Å². The zero-order valence-corrected chi connectivity index (χ0v) is 10.5. The van der Waals surface area contributed by atoms with Crippen molar-refractivity contribution in [3.05, 3.63) is 0 Å². The molecule has 0 aromatic carbocycles. The number of amides is 1. The number of carbonyl (C=O) groups is 1. The van der Waals surface area contributed by atoms with Crippen molar-refractivity contribution in [2.75, 3.05) is 6.54 Å². The van der Waals surface area contributed by atoms with Gasteiger partial charge in [-0.05, 0) is 38.5 Å². The molecular weight excluding hydrogens is 245 g/mol. The van der Waals surface area contributed by atoms with Gasteiger partial charge in [-0.15, -0.1) is 0 Å². The molecule has 104 valence electrons. The van der Waals surface area contributed by atoms with Crippen molar-refractivity contribution in [2.45, 2.75) is 56.8 Å². The summed E-state index contributed by atoms with van der Waals surface area (Å²) in [6, 6.07) is -0.0310. The zero-order chi connectivity index (χ0) is 13.6. The van der Waals surface area contributed by atoms with Crippen LogP contribution in [0.25, 0.3) is 0 Å². The van der Waals surface area contributed by atoms with Gasteiger partial charge in [-0.3, -0.25) is 4.79 Å². The Kier molecular flexibility index (Phi) is 3.34. The summed E-state index contributed by atoms with van der Waals surface area (Å²) in [7, 11) is 0. The maximum Gasteiger partial charge on any atom is 0.415 e. The Labute approximate surface area is 104 Å². The van der Waals surface area contributed by atoms with E-state index in [1.54, 1.807) is 0 Å². The SMILES string of the molecule is CC(N)(C(=O)N1CCCC2CCCC21)C(F)(F)F. The summed E-state index contributed by atoms with van der Waals surface area (Å²) in [6.45, 7) is 1.18. The number of fused-ring (bicyclic) bond motifs is 1. The highest BCUT2D eigenvalue weighted by Gasteiger charge is 2.56. The van der Waals surface area contributed by atoms with Crippen LogP contribution in [0.2, 0.25) is 0 Å². The number of hydrogen-bond donors (Lipinski definition) is 1. The number of nitrogens with two attached hydrogens (primary N) is 1. The van der Waals surface area contributed by atoms with Crippen molar-refractivity contribution in [3.8, 4) is 0 Å². The van der Waals surface area contributed by atoms with Gasteiger partial charge in [0.05, 0.1) is 0 Å².